The first-order chi connectivity index (χ1) is 10.3. The molecular weight excluding hydrogens is 280 g/mol. The van der Waals surface area contributed by atoms with Crippen LogP contribution in [0, 0.1) is 0 Å². The van der Waals surface area contributed by atoms with Crippen LogP contribution in [0.3, 0.4) is 0 Å². The predicted molar refractivity (Wildman–Crippen MR) is 85.8 cm³/mol. The largest absolute Gasteiger partial charge is 0.294 e. The van der Waals surface area contributed by atoms with Crippen molar-refractivity contribution >= 4 is 17.5 Å². The van der Waals surface area contributed by atoms with Crippen molar-refractivity contribution in [1.29, 1.82) is 0 Å². The average Bonchev–Trinajstić information content (AvgIpc) is 2.70. The Kier molecular flexibility index (Phi) is 4.34. The number of benzene rings is 1. The highest BCUT2D eigenvalue weighted by molar-refractivity contribution is 7.99. The monoisotopic (exact) mass is 298 g/mol. The Morgan fingerprint density at radius 1 is 1.14 bits per heavy atom. The SMILES string of the molecule is CCSc1ccc(-c2ncc3c(n2)CCCCC3=O)cc1. The zero-order chi connectivity index (χ0) is 14.7. The predicted octanol–water partition coefficient (Wildman–Crippen LogP) is 4.16. The molecule has 0 radical (unpaired) electrons. The van der Waals surface area contributed by atoms with Gasteiger partial charge in [0, 0.05) is 23.1 Å². The summed E-state index contributed by atoms with van der Waals surface area (Å²) in [6.45, 7) is 2.14. The Morgan fingerprint density at radius 2 is 1.90 bits per heavy atom. The number of Topliss-reactive ketones (excluding diaryl/α,β-unsaturated/α-hetero) is 1. The molecule has 1 heterocycles. The van der Waals surface area contributed by atoms with Gasteiger partial charge in [-0.2, -0.15) is 0 Å². The molecule has 2 aromatic rings. The quantitative estimate of drug-likeness (QED) is 0.630. The van der Waals surface area contributed by atoms with Crippen LogP contribution in [0.15, 0.2) is 35.4 Å². The van der Waals surface area contributed by atoms with E-state index in [-0.39, 0.29) is 5.78 Å². The van der Waals surface area contributed by atoms with Crippen LogP contribution in [-0.4, -0.2) is 21.5 Å². The first-order valence-corrected chi connectivity index (χ1v) is 8.39. The summed E-state index contributed by atoms with van der Waals surface area (Å²) >= 11 is 1.82. The summed E-state index contributed by atoms with van der Waals surface area (Å²) < 4.78 is 0. The Balaban J connectivity index is 1.92. The van der Waals surface area contributed by atoms with Gasteiger partial charge in [-0.3, -0.25) is 4.79 Å². The van der Waals surface area contributed by atoms with Gasteiger partial charge in [-0.25, -0.2) is 9.97 Å². The number of hydrogen-bond acceptors (Lipinski definition) is 4. The van der Waals surface area contributed by atoms with Gasteiger partial charge in [0.15, 0.2) is 11.6 Å². The summed E-state index contributed by atoms with van der Waals surface area (Å²) in [5.41, 5.74) is 2.64. The van der Waals surface area contributed by atoms with Crippen LogP contribution in [0.4, 0.5) is 0 Å². The van der Waals surface area contributed by atoms with Gasteiger partial charge in [0.05, 0.1) is 11.3 Å². The highest BCUT2D eigenvalue weighted by Crippen LogP contribution is 2.24. The standard InChI is InChI=1S/C17H18N2OS/c1-2-21-13-9-7-12(8-10-13)17-18-11-14-15(19-17)5-3-4-6-16(14)20/h7-11H,2-6H2,1H3. The Morgan fingerprint density at radius 3 is 2.67 bits per heavy atom. The number of aromatic nitrogens is 2. The maximum Gasteiger partial charge on any atom is 0.166 e. The lowest BCUT2D eigenvalue weighted by Gasteiger charge is -2.07. The van der Waals surface area contributed by atoms with Gasteiger partial charge in [0.1, 0.15) is 0 Å². The highest BCUT2D eigenvalue weighted by Gasteiger charge is 2.18. The van der Waals surface area contributed by atoms with E-state index in [9.17, 15) is 4.79 Å². The van der Waals surface area contributed by atoms with Crippen LogP contribution in [-0.2, 0) is 6.42 Å². The van der Waals surface area contributed by atoms with E-state index >= 15 is 0 Å². The highest BCUT2D eigenvalue weighted by atomic mass is 32.2. The van der Waals surface area contributed by atoms with Gasteiger partial charge in [-0.1, -0.05) is 19.1 Å². The lowest BCUT2D eigenvalue weighted by Crippen LogP contribution is -2.05. The van der Waals surface area contributed by atoms with E-state index < -0.39 is 0 Å². The summed E-state index contributed by atoms with van der Waals surface area (Å²) in [6.07, 6.45) is 5.19. The number of carbonyl (C=O) groups is 1. The molecule has 3 rings (SSSR count). The van der Waals surface area contributed by atoms with Crippen molar-refractivity contribution in [3.8, 4) is 11.4 Å². The fourth-order valence-corrected chi connectivity index (χ4v) is 3.22. The van der Waals surface area contributed by atoms with Gasteiger partial charge >= 0.3 is 0 Å². The fourth-order valence-electron chi connectivity index (χ4n) is 2.56. The molecule has 0 fully saturated rings. The molecule has 0 N–H and O–H groups in total. The molecule has 0 atom stereocenters. The number of thioether (sulfide) groups is 1. The Hall–Kier alpha value is -1.68. The topological polar surface area (TPSA) is 42.9 Å². The molecule has 3 nitrogen and oxygen atoms in total. The molecule has 0 bridgehead atoms. The third-order valence-electron chi connectivity index (χ3n) is 3.66. The van der Waals surface area contributed by atoms with E-state index in [2.05, 4.69) is 41.2 Å². The Labute approximate surface area is 129 Å². The first kappa shape index (κ1) is 14.3. The number of nitrogens with zero attached hydrogens (tertiary/aromatic N) is 2. The number of fused-ring (bicyclic) bond motifs is 1. The van der Waals surface area contributed by atoms with E-state index in [0.29, 0.717) is 6.42 Å². The molecule has 1 aromatic heterocycles. The van der Waals surface area contributed by atoms with E-state index in [1.165, 1.54) is 4.90 Å². The molecule has 0 spiro atoms. The van der Waals surface area contributed by atoms with Crippen molar-refractivity contribution in [2.75, 3.05) is 5.75 Å². The van der Waals surface area contributed by atoms with Crippen LogP contribution in [0.25, 0.3) is 11.4 Å². The van der Waals surface area contributed by atoms with Gasteiger partial charge < -0.3 is 0 Å². The van der Waals surface area contributed by atoms with Crippen LogP contribution < -0.4 is 0 Å². The van der Waals surface area contributed by atoms with E-state index in [1.807, 2.05) is 11.8 Å². The third-order valence-corrected chi connectivity index (χ3v) is 4.55. The van der Waals surface area contributed by atoms with Crippen molar-refractivity contribution in [1.82, 2.24) is 9.97 Å². The van der Waals surface area contributed by atoms with Gasteiger partial charge in [0.2, 0.25) is 0 Å². The molecule has 0 saturated carbocycles. The smallest absolute Gasteiger partial charge is 0.166 e. The van der Waals surface area contributed by atoms with Crippen molar-refractivity contribution in [3.63, 3.8) is 0 Å². The fraction of sp³-hybridized carbons (Fsp3) is 0.353. The van der Waals surface area contributed by atoms with Crippen molar-refractivity contribution in [2.24, 2.45) is 0 Å². The molecule has 21 heavy (non-hydrogen) atoms. The van der Waals surface area contributed by atoms with E-state index in [4.69, 9.17) is 0 Å². The van der Waals surface area contributed by atoms with Crippen LogP contribution >= 0.6 is 11.8 Å². The minimum atomic E-state index is 0.184. The molecule has 1 aromatic carbocycles. The third kappa shape index (κ3) is 3.16. The molecular formula is C17H18N2OS. The summed E-state index contributed by atoms with van der Waals surface area (Å²) in [5.74, 6) is 1.97. The zero-order valence-corrected chi connectivity index (χ0v) is 12.9. The number of hydrogen-bond donors (Lipinski definition) is 0. The maximum atomic E-state index is 12.0. The molecule has 108 valence electrons. The van der Waals surface area contributed by atoms with E-state index in [0.717, 1.165) is 47.7 Å². The van der Waals surface area contributed by atoms with Gasteiger partial charge in [0.25, 0.3) is 0 Å². The van der Waals surface area contributed by atoms with Crippen LogP contribution in [0.2, 0.25) is 0 Å². The second-order valence-corrected chi connectivity index (χ2v) is 6.48. The molecule has 0 aliphatic heterocycles. The minimum absolute atomic E-state index is 0.184. The molecule has 1 aliphatic rings. The summed E-state index contributed by atoms with van der Waals surface area (Å²) in [5, 5.41) is 0. The lowest BCUT2D eigenvalue weighted by atomic mass is 10.1. The molecule has 0 saturated heterocycles. The number of carbonyl (C=O) groups excluding carboxylic acids is 1. The van der Waals surface area contributed by atoms with Gasteiger partial charge in [-0.05, 0) is 37.1 Å². The number of aryl methyl sites for hydroxylation is 1. The molecule has 0 amide bonds. The lowest BCUT2D eigenvalue weighted by molar-refractivity contribution is 0.0981. The summed E-state index contributed by atoms with van der Waals surface area (Å²) in [7, 11) is 0. The number of ketones is 1. The minimum Gasteiger partial charge on any atom is -0.294 e. The normalized spacial score (nSPS) is 14.6. The van der Waals surface area contributed by atoms with Crippen molar-refractivity contribution in [2.45, 2.75) is 37.5 Å². The second kappa shape index (κ2) is 6.39. The van der Waals surface area contributed by atoms with E-state index in [1.54, 1.807) is 6.20 Å². The maximum absolute atomic E-state index is 12.0. The average molecular weight is 298 g/mol. The second-order valence-electron chi connectivity index (χ2n) is 5.14. The summed E-state index contributed by atoms with van der Waals surface area (Å²) in [6, 6.07) is 8.31. The molecule has 0 unspecified atom stereocenters. The zero-order valence-electron chi connectivity index (χ0n) is 12.1. The van der Waals surface area contributed by atoms with Gasteiger partial charge in [-0.15, -0.1) is 11.8 Å². The van der Waals surface area contributed by atoms with Crippen molar-refractivity contribution < 1.29 is 4.79 Å². The van der Waals surface area contributed by atoms with Crippen LogP contribution in [0.5, 0.6) is 0 Å². The van der Waals surface area contributed by atoms with Crippen molar-refractivity contribution in [3.05, 3.63) is 41.7 Å². The molecule has 1 aliphatic carbocycles. The number of rotatable bonds is 3. The first-order valence-electron chi connectivity index (χ1n) is 7.40. The Bertz CT molecular complexity index is 652. The summed E-state index contributed by atoms with van der Waals surface area (Å²) in [4.78, 5) is 22.3. The molecule has 4 heteroatoms. The van der Waals surface area contributed by atoms with Crippen LogP contribution in [0.1, 0.15) is 42.2 Å².